The molecule has 0 aliphatic heterocycles. The van der Waals surface area contributed by atoms with Gasteiger partial charge in [-0.3, -0.25) is 14.4 Å². The molecule has 0 radical (unpaired) electrons. The van der Waals surface area contributed by atoms with E-state index in [1.54, 1.807) is 13.8 Å². The first-order valence-electron chi connectivity index (χ1n) is 9.61. The lowest BCUT2D eigenvalue weighted by atomic mass is 10.0. The molecule has 3 atom stereocenters. The second-order valence-electron chi connectivity index (χ2n) is 6.97. The van der Waals surface area contributed by atoms with Gasteiger partial charge in [-0.15, -0.1) is 0 Å². The molecule has 1 aromatic rings. The van der Waals surface area contributed by atoms with Gasteiger partial charge >= 0.3 is 0 Å². The molecule has 31 heavy (non-hydrogen) atoms. The topological polar surface area (TPSA) is 186 Å². The Morgan fingerprint density at radius 1 is 1.39 bits per heavy atom. The summed E-state index contributed by atoms with van der Waals surface area (Å²) in [5.74, 6) is -1.23. The van der Waals surface area contributed by atoms with Crippen molar-refractivity contribution in [2.75, 3.05) is 18.8 Å². The number of allylic oxidation sites excluding steroid dienone is 1. The largest absolute Gasteiger partial charge is 0.399 e. The van der Waals surface area contributed by atoms with Gasteiger partial charge in [0, 0.05) is 18.8 Å². The highest BCUT2D eigenvalue weighted by Crippen LogP contribution is 2.16. The summed E-state index contributed by atoms with van der Waals surface area (Å²) in [6, 6.07) is -0.677. The van der Waals surface area contributed by atoms with Gasteiger partial charge in [-0.05, 0) is 12.3 Å². The Bertz CT molecular complexity index is 848. The highest BCUT2D eigenvalue weighted by atomic mass is 32.2. The zero-order chi connectivity index (χ0) is 23.4. The minimum Gasteiger partial charge on any atom is -0.399 e. The van der Waals surface area contributed by atoms with Crippen LogP contribution in [0.2, 0.25) is 0 Å². The summed E-state index contributed by atoms with van der Waals surface area (Å²) < 4.78 is 25.5. The summed E-state index contributed by atoms with van der Waals surface area (Å²) in [5.41, 5.74) is 5.66. The van der Waals surface area contributed by atoms with Crippen LogP contribution in [0.25, 0.3) is 0 Å². The van der Waals surface area contributed by atoms with Crippen LogP contribution in [0.1, 0.15) is 32.7 Å². The minimum atomic E-state index is -1.90. The average molecular weight is 460 g/mol. The first-order chi connectivity index (χ1) is 14.7. The molecular formula is C18H29N5O7S. The molecule has 13 heteroatoms. The quantitative estimate of drug-likeness (QED) is 0.130. The number of aldehydes is 1. The standard InChI is InChI=1S/C18H29N5O7S/c1-12(2)17(18(27)21-6-7-24)22-15(25)10-14(23-16(26)4-8-30-23)13(19)11-20-5-3-9-31(28)29/h4,7-8,11-12,14,17,20H,3,5-6,9-10,19H2,1-2H3,(H,21,27)(H,22,25)(H,28,29)/b13-11-. The number of nitrogens with zero attached hydrogens (tertiary/aromatic N) is 1. The van der Waals surface area contributed by atoms with E-state index in [1.165, 1.54) is 12.3 Å². The summed E-state index contributed by atoms with van der Waals surface area (Å²) >= 11 is -1.90. The van der Waals surface area contributed by atoms with Crippen molar-refractivity contribution in [1.82, 2.24) is 20.7 Å². The summed E-state index contributed by atoms with van der Waals surface area (Å²) in [5, 5.41) is 7.85. The van der Waals surface area contributed by atoms with Crippen LogP contribution in [0.3, 0.4) is 0 Å². The van der Waals surface area contributed by atoms with Crippen molar-refractivity contribution in [3.63, 3.8) is 0 Å². The molecule has 0 saturated carbocycles. The molecule has 1 rings (SSSR count). The van der Waals surface area contributed by atoms with Crippen LogP contribution in [0.4, 0.5) is 0 Å². The van der Waals surface area contributed by atoms with E-state index in [1.807, 2.05) is 0 Å². The maximum absolute atomic E-state index is 12.6. The number of carbonyl (C=O) groups excluding carboxylic acids is 3. The normalized spacial score (nSPS) is 14.5. The van der Waals surface area contributed by atoms with E-state index in [-0.39, 0.29) is 30.3 Å². The SMILES string of the molecule is CC(C)C(NC(=O)CC(/C(N)=C/NCCCS(=O)O)n1occc1=O)C(=O)NCC=O. The zero-order valence-electron chi connectivity index (χ0n) is 17.4. The van der Waals surface area contributed by atoms with Crippen LogP contribution in [0, 0.1) is 5.92 Å². The predicted octanol–water partition coefficient (Wildman–Crippen LogP) is -1.17. The van der Waals surface area contributed by atoms with E-state index in [0.717, 1.165) is 11.0 Å². The smallest absolute Gasteiger partial charge is 0.283 e. The zero-order valence-corrected chi connectivity index (χ0v) is 18.2. The van der Waals surface area contributed by atoms with E-state index in [0.29, 0.717) is 19.3 Å². The molecular weight excluding hydrogens is 430 g/mol. The van der Waals surface area contributed by atoms with Crippen molar-refractivity contribution in [1.29, 1.82) is 0 Å². The molecule has 174 valence electrons. The molecule has 0 aromatic carbocycles. The van der Waals surface area contributed by atoms with Gasteiger partial charge in [-0.2, -0.15) is 4.74 Å². The fourth-order valence-corrected chi connectivity index (χ4v) is 3.01. The van der Waals surface area contributed by atoms with Crippen molar-refractivity contribution in [3.05, 3.63) is 34.6 Å². The van der Waals surface area contributed by atoms with Crippen LogP contribution in [-0.2, 0) is 25.5 Å². The molecule has 0 bridgehead atoms. The van der Waals surface area contributed by atoms with Gasteiger partial charge in [-0.1, -0.05) is 13.8 Å². The Morgan fingerprint density at radius 2 is 2.10 bits per heavy atom. The lowest BCUT2D eigenvalue weighted by Crippen LogP contribution is -2.50. The van der Waals surface area contributed by atoms with Crippen LogP contribution in [0.15, 0.2) is 33.5 Å². The number of hydrogen-bond donors (Lipinski definition) is 5. The molecule has 1 heterocycles. The summed E-state index contributed by atoms with van der Waals surface area (Å²) in [6.45, 7) is 3.65. The van der Waals surface area contributed by atoms with Crippen molar-refractivity contribution < 1.29 is 27.7 Å². The maximum atomic E-state index is 12.6. The lowest BCUT2D eigenvalue weighted by Gasteiger charge is -2.23. The Morgan fingerprint density at radius 3 is 2.65 bits per heavy atom. The van der Waals surface area contributed by atoms with Crippen LogP contribution >= 0.6 is 0 Å². The second kappa shape index (κ2) is 13.4. The number of nitrogens with two attached hydrogens (primary N) is 1. The number of aromatic nitrogens is 1. The average Bonchev–Trinajstić information content (AvgIpc) is 3.13. The van der Waals surface area contributed by atoms with Crippen molar-refractivity contribution >= 4 is 29.2 Å². The van der Waals surface area contributed by atoms with Gasteiger partial charge < -0.3 is 35.6 Å². The maximum Gasteiger partial charge on any atom is 0.283 e. The molecule has 2 amide bonds. The first kappa shape index (κ1) is 26.1. The van der Waals surface area contributed by atoms with Gasteiger partial charge in [0.15, 0.2) is 11.1 Å². The third kappa shape index (κ3) is 9.17. The Kier molecular flexibility index (Phi) is 11.3. The summed E-state index contributed by atoms with van der Waals surface area (Å²) in [7, 11) is 0. The predicted molar refractivity (Wildman–Crippen MR) is 113 cm³/mol. The third-order valence-corrected chi connectivity index (χ3v) is 4.82. The second-order valence-corrected chi connectivity index (χ2v) is 8.02. The number of rotatable bonds is 14. The van der Waals surface area contributed by atoms with Gasteiger partial charge in [0.1, 0.15) is 24.6 Å². The number of nitrogens with one attached hydrogen (secondary N) is 3. The summed E-state index contributed by atoms with van der Waals surface area (Å²) in [6.07, 6.45) is 3.21. The highest BCUT2D eigenvalue weighted by molar-refractivity contribution is 7.79. The molecule has 0 aliphatic carbocycles. The lowest BCUT2D eigenvalue weighted by molar-refractivity contribution is -0.130. The van der Waals surface area contributed by atoms with E-state index in [4.69, 9.17) is 14.8 Å². The molecule has 6 N–H and O–H groups in total. The third-order valence-electron chi connectivity index (χ3n) is 4.18. The molecule has 0 fully saturated rings. The highest BCUT2D eigenvalue weighted by Gasteiger charge is 2.27. The van der Waals surface area contributed by atoms with Gasteiger partial charge in [-0.25, -0.2) is 4.21 Å². The van der Waals surface area contributed by atoms with Crippen molar-refractivity contribution in [2.45, 2.75) is 38.8 Å². The van der Waals surface area contributed by atoms with E-state index in [2.05, 4.69) is 16.0 Å². The molecule has 0 aliphatic rings. The molecule has 1 aromatic heterocycles. The summed E-state index contributed by atoms with van der Waals surface area (Å²) in [4.78, 5) is 47.3. The van der Waals surface area contributed by atoms with Gasteiger partial charge in [0.05, 0.1) is 24.4 Å². The minimum absolute atomic E-state index is 0.0903. The Labute approximate surface area is 181 Å². The van der Waals surface area contributed by atoms with Crippen LogP contribution in [0.5, 0.6) is 0 Å². The fraction of sp³-hybridized carbons (Fsp3) is 0.556. The first-order valence-corrected chi connectivity index (χ1v) is 10.9. The Hall–Kier alpha value is -2.93. The van der Waals surface area contributed by atoms with Crippen molar-refractivity contribution in [3.8, 4) is 0 Å². The number of amides is 2. The number of hydrogen-bond acceptors (Lipinski definition) is 8. The van der Waals surface area contributed by atoms with E-state index < -0.39 is 40.5 Å². The monoisotopic (exact) mass is 459 g/mol. The van der Waals surface area contributed by atoms with Crippen LogP contribution < -0.4 is 27.2 Å². The van der Waals surface area contributed by atoms with Crippen LogP contribution in [-0.4, -0.2) is 56.5 Å². The molecule has 3 unspecified atom stereocenters. The Balaban J connectivity index is 2.89. The van der Waals surface area contributed by atoms with Gasteiger partial charge in [0.2, 0.25) is 11.8 Å². The van der Waals surface area contributed by atoms with Crippen molar-refractivity contribution in [2.24, 2.45) is 11.7 Å². The molecule has 0 saturated heterocycles. The molecule has 12 nitrogen and oxygen atoms in total. The fourth-order valence-electron chi connectivity index (χ4n) is 2.62. The van der Waals surface area contributed by atoms with Gasteiger partial charge in [0.25, 0.3) is 5.56 Å². The van der Waals surface area contributed by atoms with E-state index in [9.17, 15) is 23.4 Å². The van der Waals surface area contributed by atoms with E-state index >= 15 is 0 Å². The molecule has 0 spiro atoms. The number of carbonyl (C=O) groups is 3.